The molecule has 0 bridgehead atoms. The Morgan fingerprint density at radius 3 is 2.44 bits per heavy atom. The number of benzene rings is 1. The van der Waals surface area contributed by atoms with E-state index in [1.165, 1.54) is 6.07 Å². The standard InChI is InChI=1S/C23H29ClN4O5S/c1-2-27-7-9-28(10-8-27)15-3-4-18(17(24)11-15)34(32,33)16-5-6-22(12-16,21(30)31)19-13-23(19,14-25)20(26)29/h3-4,11,16,19H,2,5-10,12-13H2,1H3,(H2,26,29)(H,30,31)/t16-,19?,22+,23?/m0/s1. The van der Waals surface area contributed by atoms with Gasteiger partial charge in [-0.25, -0.2) is 8.42 Å². The van der Waals surface area contributed by atoms with E-state index in [1.807, 2.05) is 6.07 Å². The lowest BCUT2D eigenvalue weighted by Gasteiger charge is -2.35. The van der Waals surface area contributed by atoms with Crippen LogP contribution in [-0.4, -0.2) is 68.3 Å². The van der Waals surface area contributed by atoms with Crippen LogP contribution in [0.4, 0.5) is 5.69 Å². The van der Waals surface area contributed by atoms with Gasteiger partial charge in [0, 0.05) is 37.8 Å². The summed E-state index contributed by atoms with van der Waals surface area (Å²) < 4.78 is 27.0. The van der Waals surface area contributed by atoms with Crippen LogP contribution in [0, 0.1) is 28.1 Å². The van der Waals surface area contributed by atoms with E-state index < -0.39 is 43.7 Å². The number of rotatable bonds is 7. The summed E-state index contributed by atoms with van der Waals surface area (Å²) in [4.78, 5) is 28.6. The van der Waals surface area contributed by atoms with E-state index in [4.69, 9.17) is 17.3 Å². The number of hydrogen-bond donors (Lipinski definition) is 2. The second-order valence-electron chi connectivity index (χ2n) is 9.61. The van der Waals surface area contributed by atoms with Gasteiger partial charge in [-0.1, -0.05) is 18.5 Å². The van der Waals surface area contributed by atoms with Gasteiger partial charge in [-0.15, -0.1) is 0 Å². The third-order valence-electron chi connectivity index (χ3n) is 8.04. The second kappa shape index (κ2) is 8.70. The van der Waals surface area contributed by atoms with Crippen molar-refractivity contribution in [3.05, 3.63) is 23.2 Å². The highest BCUT2D eigenvalue weighted by Crippen LogP contribution is 2.66. The fourth-order valence-electron chi connectivity index (χ4n) is 5.75. The van der Waals surface area contributed by atoms with Crippen LogP contribution in [-0.2, 0) is 19.4 Å². The van der Waals surface area contributed by atoms with E-state index in [1.54, 1.807) is 12.1 Å². The van der Waals surface area contributed by atoms with Gasteiger partial charge in [0.1, 0.15) is 5.41 Å². The van der Waals surface area contributed by atoms with Crippen LogP contribution in [0.5, 0.6) is 0 Å². The number of nitrogens with two attached hydrogens (primary N) is 1. The van der Waals surface area contributed by atoms with Crippen LogP contribution >= 0.6 is 11.6 Å². The van der Waals surface area contributed by atoms with Crippen LogP contribution in [0.1, 0.15) is 32.6 Å². The minimum Gasteiger partial charge on any atom is -0.481 e. The lowest BCUT2D eigenvalue weighted by atomic mass is 9.77. The Balaban J connectivity index is 1.56. The number of halogens is 1. The van der Waals surface area contributed by atoms with Crippen LogP contribution < -0.4 is 10.6 Å². The summed E-state index contributed by atoms with van der Waals surface area (Å²) in [5, 5.41) is 18.6. The first-order valence-electron chi connectivity index (χ1n) is 11.5. The number of piperazine rings is 1. The van der Waals surface area contributed by atoms with Crippen molar-refractivity contribution in [3.63, 3.8) is 0 Å². The molecular weight excluding hydrogens is 480 g/mol. The predicted octanol–water partition coefficient (Wildman–Crippen LogP) is 1.89. The van der Waals surface area contributed by atoms with Gasteiger partial charge < -0.3 is 20.6 Å². The van der Waals surface area contributed by atoms with Crippen molar-refractivity contribution in [3.8, 4) is 6.07 Å². The maximum absolute atomic E-state index is 13.5. The van der Waals surface area contributed by atoms with Crippen LogP contribution in [0.15, 0.2) is 23.1 Å². The number of likely N-dealkylation sites (N-methyl/N-ethyl adjacent to an activating group) is 1. The van der Waals surface area contributed by atoms with Crippen LogP contribution in [0.25, 0.3) is 0 Å². The molecule has 34 heavy (non-hydrogen) atoms. The number of primary amides is 1. The van der Waals surface area contributed by atoms with E-state index >= 15 is 0 Å². The van der Waals surface area contributed by atoms with E-state index in [0.717, 1.165) is 38.4 Å². The lowest BCUT2D eigenvalue weighted by molar-refractivity contribution is -0.150. The fraction of sp³-hybridized carbons (Fsp3) is 0.609. The Kier molecular flexibility index (Phi) is 6.34. The van der Waals surface area contributed by atoms with E-state index in [0.29, 0.717) is 0 Å². The summed E-state index contributed by atoms with van der Waals surface area (Å²) >= 11 is 6.45. The highest BCUT2D eigenvalue weighted by atomic mass is 35.5. The van der Waals surface area contributed by atoms with Gasteiger partial charge in [0.15, 0.2) is 9.84 Å². The molecule has 1 aromatic carbocycles. The normalized spacial score (nSPS) is 31.7. The molecule has 0 aromatic heterocycles. The zero-order valence-electron chi connectivity index (χ0n) is 19.0. The molecule has 0 radical (unpaired) electrons. The highest BCUT2D eigenvalue weighted by Gasteiger charge is 2.72. The van der Waals surface area contributed by atoms with Crippen molar-refractivity contribution in [2.45, 2.75) is 42.8 Å². The van der Waals surface area contributed by atoms with Gasteiger partial charge in [0.25, 0.3) is 0 Å². The molecular formula is C23H29ClN4O5S. The largest absolute Gasteiger partial charge is 0.481 e. The summed E-state index contributed by atoms with van der Waals surface area (Å²) in [5.41, 5.74) is 3.22. The molecule has 1 amide bonds. The highest BCUT2D eigenvalue weighted by molar-refractivity contribution is 7.92. The number of aliphatic carboxylic acids is 1. The minimum absolute atomic E-state index is 0.0199. The SMILES string of the molecule is CCN1CCN(c2ccc(S(=O)(=O)[C@H]3CC[C@](C(=O)O)(C4CC4(C#N)C(N)=O)C3)c(Cl)c2)CC1. The summed E-state index contributed by atoms with van der Waals surface area (Å²) in [6.07, 6.45) is 0.0369. The van der Waals surface area contributed by atoms with Crippen molar-refractivity contribution < 1.29 is 23.1 Å². The summed E-state index contributed by atoms with van der Waals surface area (Å²) in [5.74, 6) is -2.84. The first-order chi connectivity index (χ1) is 16.0. The number of carbonyl (C=O) groups is 2. The lowest BCUT2D eigenvalue weighted by Crippen LogP contribution is -2.46. The molecule has 184 valence electrons. The number of nitrogens with zero attached hydrogens (tertiary/aromatic N) is 3. The van der Waals surface area contributed by atoms with E-state index in [9.17, 15) is 28.4 Å². The first kappa shape index (κ1) is 24.8. The summed E-state index contributed by atoms with van der Waals surface area (Å²) in [6.45, 7) is 6.59. The number of sulfone groups is 1. The van der Waals surface area contributed by atoms with Crippen LogP contribution in [0.3, 0.4) is 0 Å². The number of carboxylic acid groups (broad SMARTS) is 1. The van der Waals surface area contributed by atoms with E-state index in [2.05, 4.69) is 16.7 Å². The fourth-order valence-corrected chi connectivity index (χ4v) is 8.14. The Morgan fingerprint density at radius 1 is 1.26 bits per heavy atom. The van der Waals surface area contributed by atoms with Crippen molar-refractivity contribution in [2.24, 2.45) is 22.5 Å². The first-order valence-corrected chi connectivity index (χ1v) is 13.4. The van der Waals surface area contributed by atoms with Gasteiger partial charge in [-0.05, 0) is 50.4 Å². The number of amides is 1. The molecule has 1 saturated heterocycles. The minimum atomic E-state index is -3.93. The Bertz CT molecular complexity index is 1160. The molecule has 1 aromatic rings. The molecule has 3 N–H and O–H groups in total. The third-order valence-corrected chi connectivity index (χ3v) is 10.7. The third kappa shape index (κ3) is 3.84. The molecule has 4 atom stereocenters. The average Bonchev–Trinajstić information content (AvgIpc) is 3.40. The zero-order valence-corrected chi connectivity index (χ0v) is 20.6. The van der Waals surface area contributed by atoms with Gasteiger partial charge in [-0.2, -0.15) is 5.26 Å². The number of anilines is 1. The van der Waals surface area contributed by atoms with Gasteiger partial charge in [-0.3, -0.25) is 9.59 Å². The van der Waals surface area contributed by atoms with Gasteiger partial charge >= 0.3 is 5.97 Å². The predicted molar refractivity (Wildman–Crippen MR) is 126 cm³/mol. The monoisotopic (exact) mass is 508 g/mol. The Labute approximate surface area is 204 Å². The van der Waals surface area contributed by atoms with Crippen molar-refractivity contribution in [1.29, 1.82) is 5.26 Å². The molecule has 3 aliphatic rings. The molecule has 4 rings (SSSR count). The molecule has 11 heteroatoms. The Hall–Kier alpha value is -2.35. The Morgan fingerprint density at radius 2 is 1.94 bits per heavy atom. The smallest absolute Gasteiger partial charge is 0.310 e. The zero-order chi connectivity index (χ0) is 24.9. The topological polar surface area (TPSA) is 145 Å². The number of nitriles is 1. The number of carbonyl (C=O) groups excluding carboxylic acids is 1. The molecule has 1 aliphatic heterocycles. The average molecular weight is 509 g/mol. The number of carboxylic acids is 1. The molecule has 9 nitrogen and oxygen atoms in total. The second-order valence-corrected chi connectivity index (χ2v) is 12.2. The molecule has 2 saturated carbocycles. The summed E-state index contributed by atoms with van der Waals surface area (Å²) in [7, 11) is -3.93. The van der Waals surface area contributed by atoms with Crippen molar-refractivity contribution in [1.82, 2.24) is 4.90 Å². The van der Waals surface area contributed by atoms with Crippen molar-refractivity contribution >= 4 is 39.0 Å². The maximum atomic E-state index is 13.5. The van der Waals surface area contributed by atoms with Crippen molar-refractivity contribution in [2.75, 3.05) is 37.6 Å². The van der Waals surface area contributed by atoms with E-state index in [-0.39, 0.29) is 35.6 Å². The van der Waals surface area contributed by atoms with Crippen LogP contribution in [0.2, 0.25) is 5.02 Å². The van der Waals surface area contributed by atoms with Gasteiger partial charge in [0.05, 0.1) is 26.7 Å². The molecule has 2 aliphatic carbocycles. The molecule has 2 unspecified atom stereocenters. The summed E-state index contributed by atoms with van der Waals surface area (Å²) in [6, 6.07) is 6.78. The molecule has 0 spiro atoms. The number of hydrogen-bond acceptors (Lipinski definition) is 7. The quantitative estimate of drug-likeness (QED) is 0.568. The van der Waals surface area contributed by atoms with Gasteiger partial charge in [0.2, 0.25) is 5.91 Å². The maximum Gasteiger partial charge on any atom is 0.310 e. The molecule has 1 heterocycles. The molecule has 3 fully saturated rings.